The predicted octanol–water partition coefficient (Wildman–Crippen LogP) is 2.97. The molecule has 0 radical (unpaired) electrons. The lowest BCUT2D eigenvalue weighted by molar-refractivity contribution is 0.787. The van der Waals surface area contributed by atoms with E-state index < -0.39 is 0 Å². The molecule has 5 aromatic rings. The van der Waals surface area contributed by atoms with Crippen LogP contribution in [0.1, 0.15) is 11.1 Å². The molecule has 5 rings (SSSR count). The summed E-state index contributed by atoms with van der Waals surface area (Å²) < 4.78 is 3.69. The summed E-state index contributed by atoms with van der Waals surface area (Å²) in [5.74, 6) is 0.405. The number of rotatable bonds is 6. The fourth-order valence-corrected chi connectivity index (χ4v) is 3.40. The molecular weight excluding hydrogens is 378 g/mol. The van der Waals surface area contributed by atoms with Crippen molar-refractivity contribution in [3.63, 3.8) is 0 Å². The van der Waals surface area contributed by atoms with E-state index in [1.165, 1.54) is 5.56 Å². The molecule has 0 aliphatic heterocycles. The maximum atomic E-state index is 12.5. The first-order valence-corrected chi connectivity index (χ1v) is 9.58. The monoisotopic (exact) mass is 397 g/mol. The van der Waals surface area contributed by atoms with Crippen LogP contribution in [-0.2, 0) is 13.1 Å². The van der Waals surface area contributed by atoms with E-state index >= 15 is 0 Å². The summed E-state index contributed by atoms with van der Waals surface area (Å²) in [6, 6.07) is 17.8. The molecule has 0 atom stereocenters. The number of nitrogens with one attached hydrogen (secondary N) is 2. The van der Waals surface area contributed by atoms with Gasteiger partial charge in [-0.3, -0.25) is 9.78 Å². The molecule has 0 amide bonds. The predicted molar refractivity (Wildman–Crippen MR) is 115 cm³/mol. The third-order valence-electron chi connectivity index (χ3n) is 4.92. The SMILES string of the molecule is O=c1[nH]c(NCc2ccccc2Cn2ccnc2)nc2c1cnn2-c1ccccc1. The molecule has 0 fully saturated rings. The van der Waals surface area contributed by atoms with E-state index in [0.717, 1.165) is 17.8 Å². The second-order valence-corrected chi connectivity index (χ2v) is 6.90. The first-order chi connectivity index (χ1) is 14.8. The Labute approximate surface area is 171 Å². The van der Waals surface area contributed by atoms with E-state index in [2.05, 4.69) is 37.5 Å². The second-order valence-electron chi connectivity index (χ2n) is 6.90. The maximum Gasteiger partial charge on any atom is 0.263 e. The first-order valence-electron chi connectivity index (χ1n) is 9.58. The van der Waals surface area contributed by atoms with Gasteiger partial charge in [0.1, 0.15) is 5.39 Å². The molecule has 0 spiro atoms. The molecule has 3 aromatic heterocycles. The number of anilines is 1. The highest BCUT2D eigenvalue weighted by Gasteiger charge is 2.12. The van der Waals surface area contributed by atoms with Crippen molar-refractivity contribution in [1.82, 2.24) is 29.3 Å². The lowest BCUT2D eigenvalue weighted by Crippen LogP contribution is -2.14. The largest absolute Gasteiger partial charge is 0.352 e. The van der Waals surface area contributed by atoms with Crippen LogP contribution in [0.3, 0.4) is 0 Å². The van der Waals surface area contributed by atoms with Crippen LogP contribution < -0.4 is 10.9 Å². The van der Waals surface area contributed by atoms with Crippen molar-refractivity contribution in [2.75, 3.05) is 5.32 Å². The average molecular weight is 397 g/mol. The number of para-hydroxylation sites is 1. The minimum atomic E-state index is -0.226. The van der Waals surface area contributed by atoms with Gasteiger partial charge < -0.3 is 9.88 Å². The van der Waals surface area contributed by atoms with Gasteiger partial charge in [0.2, 0.25) is 5.95 Å². The standard InChI is InChI=1S/C22H19N7O/c30-21-19-13-25-29(18-8-2-1-3-9-18)20(19)26-22(27-21)24-12-16-6-4-5-7-17(16)14-28-11-10-23-15-28/h1-11,13,15H,12,14H2,(H2,24,26,27,30). The molecule has 148 valence electrons. The number of H-pyrrole nitrogens is 1. The van der Waals surface area contributed by atoms with E-state index in [0.29, 0.717) is 23.5 Å². The molecule has 0 unspecified atom stereocenters. The van der Waals surface area contributed by atoms with Crippen molar-refractivity contribution in [1.29, 1.82) is 0 Å². The average Bonchev–Trinajstić information content (AvgIpc) is 3.44. The van der Waals surface area contributed by atoms with E-state index in [1.807, 2.05) is 53.2 Å². The van der Waals surface area contributed by atoms with Crippen LogP contribution in [0.5, 0.6) is 0 Å². The quantitative estimate of drug-likeness (QED) is 0.459. The first kappa shape index (κ1) is 17.9. The summed E-state index contributed by atoms with van der Waals surface area (Å²) in [6.07, 6.45) is 7.03. The molecule has 0 saturated carbocycles. The van der Waals surface area contributed by atoms with Crippen molar-refractivity contribution < 1.29 is 0 Å². The Hall–Kier alpha value is -4.20. The number of aromatic amines is 1. The molecular formula is C22H19N7O. The highest BCUT2D eigenvalue weighted by Crippen LogP contribution is 2.16. The number of hydrogen-bond donors (Lipinski definition) is 2. The number of fused-ring (bicyclic) bond motifs is 1. The lowest BCUT2D eigenvalue weighted by Gasteiger charge is -2.12. The molecule has 0 aliphatic carbocycles. The van der Waals surface area contributed by atoms with Gasteiger partial charge in [-0.05, 0) is 23.3 Å². The number of benzene rings is 2. The van der Waals surface area contributed by atoms with Crippen LogP contribution in [-0.4, -0.2) is 29.3 Å². The Morgan fingerprint density at radius 2 is 1.80 bits per heavy atom. The fraction of sp³-hybridized carbons (Fsp3) is 0.0909. The van der Waals surface area contributed by atoms with Gasteiger partial charge in [0.15, 0.2) is 5.65 Å². The van der Waals surface area contributed by atoms with Gasteiger partial charge in [-0.15, -0.1) is 0 Å². The number of nitrogens with zero attached hydrogens (tertiary/aromatic N) is 5. The highest BCUT2D eigenvalue weighted by atomic mass is 16.1. The van der Waals surface area contributed by atoms with Gasteiger partial charge >= 0.3 is 0 Å². The minimum Gasteiger partial charge on any atom is -0.352 e. The van der Waals surface area contributed by atoms with Crippen molar-refractivity contribution in [3.05, 3.63) is 101 Å². The third kappa shape index (κ3) is 3.46. The van der Waals surface area contributed by atoms with Crippen molar-refractivity contribution in [2.24, 2.45) is 0 Å². The summed E-state index contributed by atoms with van der Waals surface area (Å²) in [5.41, 5.74) is 3.42. The topological polar surface area (TPSA) is 93.4 Å². The van der Waals surface area contributed by atoms with Gasteiger partial charge in [0.05, 0.1) is 18.2 Å². The summed E-state index contributed by atoms with van der Waals surface area (Å²) in [5, 5.41) is 8.04. The van der Waals surface area contributed by atoms with Crippen molar-refractivity contribution in [2.45, 2.75) is 13.1 Å². The molecule has 8 heteroatoms. The Balaban J connectivity index is 1.44. The number of aromatic nitrogens is 6. The zero-order chi connectivity index (χ0) is 20.3. The zero-order valence-corrected chi connectivity index (χ0v) is 16.1. The van der Waals surface area contributed by atoms with E-state index in [1.54, 1.807) is 23.4 Å². The van der Waals surface area contributed by atoms with Crippen molar-refractivity contribution >= 4 is 17.0 Å². The van der Waals surface area contributed by atoms with Gasteiger partial charge in [-0.1, -0.05) is 42.5 Å². The van der Waals surface area contributed by atoms with E-state index in [9.17, 15) is 4.79 Å². The Bertz CT molecular complexity index is 1340. The van der Waals surface area contributed by atoms with Crippen LogP contribution in [0.15, 0.2) is 84.3 Å². The molecule has 0 bridgehead atoms. The number of imidazole rings is 1. The summed E-state index contributed by atoms with van der Waals surface area (Å²) in [4.78, 5) is 24.0. The Kier molecular flexibility index (Phi) is 4.57. The van der Waals surface area contributed by atoms with Crippen LogP contribution in [0.25, 0.3) is 16.7 Å². The van der Waals surface area contributed by atoms with Gasteiger partial charge in [-0.25, -0.2) is 9.67 Å². The van der Waals surface area contributed by atoms with Crippen molar-refractivity contribution in [3.8, 4) is 5.69 Å². The maximum absolute atomic E-state index is 12.5. The van der Waals surface area contributed by atoms with Crippen LogP contribution in [0, 0.1) is 0 Å². The molecule has 0 saturated heterocycles. The normalized spacial score (nSPS) is 11.1. The molecule has 3 heterocycles. The zero-order valence-electron chi connectivity index (χ0n) is 16.1. The number of hydrogen-bond acceptors (Lipinski definition) is 5. The molecule has 8 nitrogen and oxygen atoms in total. The molecule has 0 aliphatic rings. The van der Waals surface area contributed by atoms with Crippen LogP contribution >= 0.6 is 0 Å². The molecule has 2 N–H and O–H groups in total. The summed E-state index contributed by atoms with van der Waals surface area (Å²) >= 11 is 0. The Morgan fingerprint density at radius 3 is 2.60 bits per heavy atom. The Morgan fingerprint density at radius 1 is 1.00 bits per heavy atom. The van der Waals surface area contributed by atoms with Crippen LogP contribution in [0.2, 0.25) is 0 Å². The highest BCUT2D eigenvalue weighted by molar-refractivity contribution is 5.76. The summed E-state index contributed by atoms with van der Waals surface area (Å²) in [7, 11) is 0. The fourth-order valence-electron chi connectivity index (χ4n) is 3.40. The minimum absolute atomic E-state index is 0.226. The second kappa shape index (κ2) is 7.67. The third-order valence-corrected chi connectivity index (χ3v) is 4.92. The lowest BCUT2D eigenvalue weighted by atomic mass is 10.1. The molecule has 2 aromatic carbocycles. The smallest absolute Gasteiger partial charge is 0.263 e. The van der Waals surface area contributed by atoms with Gasteiger partial charge in [0, 0.05) is 25.5 Å². The van der Waals surface area contributed by atoms with E-state index in [4.69, 9.17) is 0 Å². The summed E-state index contributed by atoms with van der Waals surface area (Å²) in [6.45, 7) is 1.25. The van der Waals surface area contributed by atoms with Crippen LogP contribution in [0.4, 0.5) is 5.95 Å². The van der Waals surface area contributed by atoms with E-state index in [-0.39, 0.29) is 5.56 Å². The molecule has 30 heavy (non-hydrogen) atoms. The van der Waals surface area contributed by atoms with Gasteiger partial charge in [0.25, 0.3) is 5.56 Å². The van der Waals surface area contributed by atoms with Gasteiger partial charge in [-0.2, -0.15) is 10.1 Å².